The summed E-state index contributed by atoms with van der Waals surface area (Å²) in [6.45, 7) is 4.42. The van der Waals surface area contributed by atoms with Gasteiger partial charge in [0.15, 0.2) is 0 Å². The minimum atomic E-state index is 0.325. The van der Waals surface area contributed by atoms with Crippen molar-refractivity contribution in [1.82, 2.24) is 14.0 Å². The van der Waals surface area contributed by atoms with E-state index in [2.05, 4.69) is 95.6 Å². The van der Waals surface area contributed by atoms with Gasteiger partial charge in [-0.2, -0.15) is 0 Å². The zero-order valence-electron chi connectivity index (χ0n) is 17.9. The summed E-state index contributed by atoms with van der Waals surface area (Å²) in [4.78, 5) is 5.07. The predicted octanol–water partition coefficient (Wildman–Crippen LogP) is 7.59. The molecule has 0 saturated carbocycles. The molecule has 0 aliphatic carbocycles. The monoisotopic (exact) mass is 415 g/mol. The van der Waals surface area contributed by atoms with Crippen LogP contribution in [-0.2, 0) is 0 Å². The molecule has 0 radical (unpaired) electrons. The normalized spacial score (nSPS) is 12.3. The highest BCUT2D eigenvalue weighted by Gasteiger charge is 2.17. The van der Waals surface area contributed by atoms with Gasteiger partial charge in [0.25, 0.3) is 0 Å². The van der Waals surface area contributed by atoms with Crippen LogP contribution >= 0.6 is 0 Å². The van der Waals surface area contributed by atoms with E-state index >= 15 is 0 Å². The number of fused-ring (bicyclic) bond motifs is 8. The second kappa shape index (κ2) is 6.24. The Labute approximate surface area is 184 Å². The van der Waals surface area contributed by atoms with E-state index in [1.165, 1.54) is 16.6 Å². The molecule has 7 rings (SSSR count). The number of rotatable bonds is 2. The summed E-state index contributed by atoms with van der Waals surface area (Å²) >= 11 is 0. The Morgan fingerprint density at radius 3 is 2.28 bits per heavy atom. The lowest BCUT2D eigenvalue weighted by atomic mass is 10.0. The van der Waals surface area contributed by atoms with Gasteiger partial charge in [0.2, 0.25) is 5.78 Å². The minimum Gasteiger partial charge on any atom is -0.456 e. The molecule has 0 unspecified atom stereocenters. The van der Waals surface area contributed by atoms with E-state index in [-0.39, 0.29) is 0 Å². The van der Waals surface area contributed by atoms with Crippen LogP contribution in [0.15, 0.2) is 89.3 Å². The molecule has 4 aromatic carbocycles. The second-order valence-electron chi connectivity index (χ2n) is 8.71. The van der Waals surface area contributed by atoms with E-state index in [4.69, 9.17) is 9.40 Å². The number of para-hydroxylation sites is 3. The average molecular weight is 415 g/mol. The third-order valence-electron chi connectivity index (χ3n) is 6.46. The van der Waals surface area contributed by atoms with Crippen molar-refractivity contribution in [3.05, 3.63) is 84.9 Å². The molecular formula is C28H21N3O. The van der Waals surface area contributed by atoms with Gasteiger partial charge in [-0.15, -0.1) is 0 Å². The van der Waals surface area contributed by atoms with Crippen LogP contribution in [0.4, 0.5) is 0 Å². The van der Waals surface area contributed by atoms with Gasteiger partial charge in [-0.1, -0.05) is 42.5 Å². The molecule has 3 heterocycles. The first-order valence-corrected chi connectivity index (χ1v) is 11.0. The molecule has 3 aromatic heterocycles. The van der Waals surface area contributed by atoms with Gasteiger partial charge < -0.3 is 8.98 Å². The van der Waals surface area contributed by atoms with Crippen molar-refractivity contribution in [2.45, 2.75) is 19.9 Å². The van der Waals surface area contributed by atoms with Crippen LogP contribution < -0.4 is 0 Å². The molecule has 154 valence electrons. The highest BCUT2D eigenvalue weighted by molar-refractivity contribution is 6.06. The first-order chi connectivity index (χ1) is 15.7. The second-order valence-corrected chi connectivity index (χ2v) is 8.71. The lowest BCUT2D eigenvalue weighted by Crippen LogP contribution is -2.00. The molecule has 7 aromatic rings. The summed E-state index contributed by atoms with van der Waals surface area (Å²) in [7, 11) is 0. The van der Waals surface area contributed by atoms with Crippen LogP contribution in [0.1, 0.15) is 19.9 Å². The van der Waals surface area contributed by atoms with E-state index < -0.39 is 0 Å². The van der Waals surface area contributed by atoms with Gasteiger partial charge in [-0.3, -0.25) is 4.40 Å². The van der Waals surface area contributed by atoms with Crippen molar-refractivity contribution >= 4 is 49.8 Å². The van der Waals surface area contributed by atoms with E-state index in [0.29, 0.717) is 6.04 Å². The Kier molecular flexibility index (Phi) is 3.43. The van der Waals surface area contributed by atoms with E-state index in [1.807, 2.05) is 12.1 Å². The van der Waals surface area contributed by atoms with Crippen molar-refractivity contribution in [1.29, 1.82) is 0 Å². The maximum Gasteiger partial charge on any atom is 0.216 e. The lowest BCUT2D eigenvalue weighted by Gasteiger charge is -2.08. The summed E-state index contributed by atoms with van der Waals surface area (Å²) in [5.74, 6) is 0.990. The molecule has 0 bridgehead atoms. The number of furan rings is 1. The Hall–Kier alpha value is -4.05. The minimum absolute atomic E-state index is 0.325. The van der Waals surface area contributed by atoms with Crippen molar-refractivity contribution in [3.8, 4) is 11.1 Å². The van der Waals surface area contributed by atoms with Gasteiger partial charge in [-0.25, -0.2) is 4.98 Å². The first-order valence-electron chi connectivity index (χ1n) is 11.0. The quantitative estimate of drug-likeness (QED) is 0.291. The summed E-state index contributed by atoms with van der Waals surface area (Å²) in [5.41, 5.74) is 8.72. The fraction of sp³-hybridized carbons (Fsp3) is 0.107. The maximum atomic E-state index is 6.00. The van der Waals surface area contributed by atoms with Crippen molar-refractivity contribution in [2.75, 3.05) is 0 Å². The van der Waals surface area contributed by atoms with Gasteiger partial charge >= 0.3 is 0 Å². The van der Waals surface area contributed by atoms with E-state index in [1.54, 1.807) is 0 Å². The van der Waals surface area contributed by atoms with E-state index in [9.17, 15) is 0 Å². The standard InChI is InChI=1S/C28H21N3O/c1-17(2)30-24-8-4-5-9-25(24)31-23-13-11-19(16-22(23)29-28(30)31)18-12-14-27-21(15-18)20-7-3-6-10-26(20)32-27/h3-17H,1-2H3. The van der Waals surface area contributed by atoms with Gasteiger partial charge in [-0.05, 0) is 67.4 Å². The summed E-state index contributed by atoms with van der Waals surface area (Å²) < 4.78 is 10.6. The average Bonchev–Trinajstić information content (AvgIpc) is 3.46. The van der Waals surface area contributed by atoms with Crippen LogP contribution in [0.5, 0.6) is 0 Å². The van der Waals surface area contributed by atoms with Gasteiger partial charge in [0.1, 0.15) is 11.2 Å². The highest BCUT2D eigenvalue weighted by atomic mass is 16.3. The number of benzene rings is 4. The molecule has 4 heteroatoms. The third-order valence-corrected chi connectivity index (χ3v) is 6.46. The number of nitrogens with zero attached hydrogens (tertiary/aromatic N) is 3. The molecule has 0 saturated heterocycles. The number of aromatic nitrogens is 3. The smallest absolute Gasteiger partial charge is 0.216 e. The largest absolute Gasteiger partial charge is 0.456 e. The van der Waals surface area contributed by atoms with Gasteiger partial charge in [0, 0.05) is 16.8 Å². The van der Waals surface area contributed by atoms with Crippen molar-refractivity contribution < 1.29 is 4.42 Å². The molecule has 0 aliphatic heterocycles. The molecule has 0 N–H and O–H groups in total. The fourth-order valence-electron chi connectivity index (χ4n) is 5.03. The van der Waals surface area contributed by atoms with Crippen molar-refractivity contribution in [3.63, 3.8) is 0 Å². The Balaban J connectivity index is 1.47. The topological polar surface area (TPSA) is 35.4 Å². The maximum absolute atomic E-state index is 6.00. The number of hydrogen-bond donors (Lipinski definition) is 0. The van der Waals surface area contributed by atoms with Crippen LogP contribution in [0.2, 0.25) is 0 Å². The SMILES string of the molecule is CC(C)n1c2ccccc2n2c3ccc(-c4ccc5oc6ccccc6c5c4)cc3nc12. The van der Waals surface area contributed by atoms with Crippen LogP contribution in [-0.4, -0.2) is 14.0 Å². The van der Waals surface area contributed by atoms with Crippen LogP contribution in [0, 0.1) is 0 Å². The summed E-state index contributed by atoms with van der Waals surface area (Å²) in [5, 5.41) is 2.29. The van der Waals surface area contributed by atoms with Crippen LogP contribution in [0.25, 0.3) is 60.9 Å². The number of hydrogen-bond acceptors (Lipinski definition) is 2. The fourth-order valence-corrected chi connectivity index (χ4v) is 5.03. The number of imidazole rings is 2. The summed E-state index contributed by atoms with van der Waals surface area (Å²) in [6, 6.07) is 30.1. The summed E-state index contributed by atoms with van der Waals surface area (Å²) in [6.07, 6.45) is 0. The molecule has 0 atom stereocenters. The molecular weight excluding hydrogens is 394 g/mol. The Morgan fingerprint density at radius 1 is 0.688 bits per heavy atom. The molecule has 0 spiro atoms. The van der Waals surface area contributed by atoms with Gasteiger partial charge in [0.05, 0.1) is 22.1 Å². The molecule has 32 heavy (non-hydrogen) atoms. The van der Waals surface area contributed by atoms with E-state index in [0.717, 1.165) is 44.3 Å². The zero-order chi connectivity index (χ0) is 21.4. The molecule has 0 aliphatic rings. The third kappa shape index (κ3) is 2.29. The first kappa shape index (κ1) is 17.6. The predicted molar refractivity (Wildman–Crippen MR) is 131 cm³/mol. The Bertz CT molecular complexity index is 1810. The van der Waals surface area contributed by atoms with Crippen molar-refractivity contribution in [2.24, 2.45) is 0 Å². The zero-order valence-corrected chi connectivity index (χ0v) is 17.9. The molecule has 0 fully saturated rings. The molecule has 0 amide bonds. The Morgan fingerprint density at radius 2 is 1.41 bits per heavy atom. The lowest BCUT2D eigenvalue weighted by molar-refractivity contribution is 0.633. The molecule has 4 nitrogen and oxygen atoms in total. The highest BCUT2D eigenvalue weighted by Crippen LogP contribution is 2.34. The van der Waals surface area contributed by atoms with Crippen LogP contribution in [0.3, 0.4) is 0 Å².